The summed E-state index contributed by atoms with van der Waals surface area (Å²) in [7, 11) is 1.28. The van der Waals surface area contributed by atoms with Gasteiger partial charge in [-0.3, -0.25) is 10.1 Å². The number of esters is 1. The van der Waals surface area contributed by atoms with Crippen molar-refractivity contribution in [2.24, 2.45) is 0 Å². The Morgan fingerprint density at radius 1 is 1.52 bits per heavy atom. The van der Waals surface area contributed by atoms with Gasteiger partial charge in [0.15, 0.2) is 0 Å². The van der Waals surface area contributed by atoms with Gasteiger partial charge >= 0.3 is 5.97 Å². The Kier molecular flexibility index (Phi) is 7.01. The number of ether oxygens (including phenoxy) is 1. The maximum Gasteiger partial charge on any atom is 0.337 e. The molecule has 0 aliphatic carbocycles. The Morgan fingerprint density at radius 2 is 2.24 bits per heavy atom. The highest BCUT2D eigenvalue weighted by Gasteiger charge is 2.18. The monoisotopic (exact) mass is 312 g/mol. The predicted octanol–water partition coefficient (Wildman–Crippen LogP) is 3.33. The van der Waals surface area contributed by atoms with E-state index in [0.29, 0.717) is 11.3 Å². The van der Waals surface area contributed by atoms with Crippen molar-refractivity contribution in [1.82, 2.24) is 0 Å². The van der Waals surface area contributed by atoms with Gasteiger partial charge in [-0.25, -0.2) is 4.79 Å². The largest absolute Gasteiger partial charge is 0.465 e. The molecule has 0 saturated heterocycles. The zero-order valence-corrected chi connectivity index (χ0v) is 13.2. The summed E-state index contributed by atoms with van der Waals surface area (Å²) in [6.45, 7) is 4.05. The van der Waals surface area contributed by atoms with Gasteiger partial charge in [-0.2, -0.15) is 11.8 Å². The van der Waals surface area contributed by atoms with Crippen molar-refractivity contribution in [1.29, 1.82) is 0 Å². The Bertz CT molecular complexity index is 508. The molecule has 0 fully saturated rings. The lowest BCUT2D eigenvalue weighted by Gasteiger charge is -2.15. The molecule has 0 aromatic heterocycles. The van der Waals surface area contributed by atoms with Gasteiger partial charge in [-0.1, -0.05) is 6.92 Å². The molecule has 1 aromatic carbocycles. The minimum Gasteiger partial charge on any atom is -0.465 e. The molecule has 0 saturated carbocycles. The van der Waals surface area contributed by atoms with Gasteiger partial charge in [-0.05, 0) is 37.0 Å². The van der Waals surface area contributed by atoms with Crippen LogP contribution in [0.4, 0.5) is 11.4 Å². The van der Waals surface area contributed by atoms with E-state index in [1.54, 1.807) is 0 Å². The van der Waals surface area contributed by atoms with Gasteiger partial charge in [0.05, 0.1) is 17.6 Å². The number of rotatable bonds is 8. The van der Waals surface area contributed by atoms with Crippen LogP contribution in [-0.2, 0) is 4.74 Å². The maximum atomic E-state index is 11.5. The van der Waals surface area contributed by atoms with Crippen LogP contribution in [0.2, 0.25) is 0 Å². The van der Waals surface area contributed by atoms with E-state index in [4.69, 9.17) is 0 Å². The minimum absolute atomic E-state index is 0.0438. The molecule has 0 radical (unpaired) electrons. The summed E-state index contributed by atoms with van der Waals surface area (Å²) < 4.78 is 4.64. The number of nitro benzene ring substituents is 1. The number of hydrogen-bond acceptors (Lipinski definition) is 6. The summed E-state index contributed by atoms with van der Waals surface area (Å²) >= 11 is 1.82. The first kappa shape index (κ1) is 17.3. The third-order valence-electron chi connectivity index (χ3n) is 2.92. The number of nitrogens with zero attached hydrogens (tertiary/aromatic N) is 1. The molecule has 0 aliphatic rings. The van der Waals surface area contributed by atoms with E-state index in [-0.39, 0.29) is 11.7 Å². The van der Waals surface area contributed by atoms with E-state index in [1.165, 1.54) is 25.3 Å². The summed E-state index contributed by atoms with van der Waals surface area (Å²) in [5, 5.41) is 14.2. The second-order valence-corrected chi connectivity index (χ2v) is 5.91. The molecule has 0 amide bonds. The smallest absolute Gasteiger partial charge is 0.337 e. The number of carbonyl (C=O) groups excluding carboxylic acids is 1. The highest BCUT2D eigenvalue weighted by molar-refractivity contribution is 7.99. The molecule has 6 nitrogen and oxygen atoms in total. The zero-order chi connectivity index (χ0) is 15.8. The predicted molar refractivity (Wildman–Crippen MR) is 85.1 cm³/mol. The Labute approximate surface area is 128 Å². The van der Waals surface area contributed by atoms with E-state index in [0.717, 1.165) is 17.9 Å². The molecule has 1 atom stereocenters. The lowest BCUT2D eigenvalue weighted by atomic mass is 10.1. The molecule has 1 aromatic rings. The summed E-state index contributed by atoms with van der Waals surface area (Å²) in [5.74, 6) is 1.52. The zero-order valence-electron chi connectivity index (χ0n) is 12.4. The first-order valence-corrected chi connectivity index (χ1v) is 7.86. The van der Waals surface area contributed by atoms with Gasteiger partial charge in [0.2, 0.25) is 0 Å². The van der Waals surface area contributed by atoms with Crippen molar-refractivity contribution < 1.29 is 14.5 Å². The van der Waals surface area contributed by atoms with Crippen molar-refractivity contribution in [3.8, 4) is 0 Å². The molecule has 0 spiro atoms. The fraction of sp³-hybridized carbons (Fsp3) is 0.500. The van der Waals surface area contributed by atoms with Crippen LogP contribution >= 0.6 is 11.8 Å². The number of nitro groups is 1. The number of methoxy groups -OCH3 is 1. The van der Waals surface area contributed by atoms with Crippen molar-refractivity contribution in [3.63, 3.8) is 0 Å². The molecule has 21 heavy (non-hydrogen) atoms. The van der Waals surface area contributed by atoms with Crippen molar-refractivity contribution in [3.05, 3.63) is 33.9 Å². The van der Waals surface area contributed by atoms with Gasteiger partial charge in [0.1, 0.15) is 5.69 Å². The lowest BCUT2D eigenvalue weighted by Crippen LogP contribution is -2.17. The number of thioether (sulfide) groups is 1. The number of nitrogens with one attached hydrogen (secondary N) is 1. The van der Waals surface area contributed by atoms with Gasteiger partial charge < -0.3 is 10.1 Å². The molecule has 0 heterocycles. The van der Waals surface area contributed by atoms with E-state index in [2.05, 4.69) is 17.0 Å². The van der Waals surface area contributed by atoms with Gasteiger partial charge in [-0.15, -0.1) is 0 Å². The van der Waals surface area contributed by atoms with Crippen molar-refractivity contribution >= 4 is 29.1 Å². The van der Waals surface area contributed by atoms with Crippen LogP contribution in [-0.4, -0.2) is 35.5 Å². The summed E-state index contributed by atoms with van der Waals surface area (Å²) in [6, 6.07) is 4.26. The molecular weight excluding hydrogens is 292 g/mol. The van der Waals surface area contributed by atoms with E-state index < -0.39 is 10.9 Å². The van der Waals surface area contributed by atoms with Crippen molar-refractivity contribution in [2.75, 3.05) is 23.9 Å². The fourth-order valence-corrected chi connectivity index (χ4v) is 2.61. The van der Waals surface area contributed by atoms with Crippen molar-refractivity contribution in [2.45, 2.75) is 26.3 Å². The Hall–Kier alpha value is -1.76. The molecule has 1 rings (SSSR count). The average Bonchev–Trinajstić information content (AvgIpc) is 2.46. The fourth-order valence-electron chi connectivity index (χ4n) is 1.80. The normalized spacial score (nSPS) is 11.8. The molecular formula is C14H20N2O4S. The number of benzene rings is 1. The minimum atomic E-state index is -0.512. The number of carbonyl (C=O) groups is 1. The van der Waals surface area contributed by atoms with Crippen LogP contribution in [0.5, 0.6) is 0 Å². The summed E-state index contributed by atoms with van der Waals surface area (Å²) in [4.78, 5) is 22.1. The van der Waals surface area contributed by atoms with Crippen LogP contribution in [0.15, 0.2) is 18.2 Å². The van der Waals surface area contributed by atoms with E-state index in [9.17, 15) is 14.9 Å². The quantitative estimate of drug-likeness (QED) is 0.343. The van der Waals surface area contributed by atoms with Gasteiger partial charge in [0, 0.05) is 12.1 Å². The summed E-state index contributed by atoms with van der Waals surface area (Å²) in [5.41, 5.74) is 0.593. The number of hydrogen-bond donors (Lipinski definition) is 1. The Morgan fingerprint density at radius 3 is 2.81 bits per heavy atom. The highest BCUT2D eigenvalue weighted by Crippen LogP contribution is 2.27. The van der Waals surface area contributed by atoms with Crippen LogP contribution in [0.1, 0.15) is 30.6 Å². The van der Waals surface area contributed by atoms with Crippen LogP contribution in [0, 0.1) is 10.1 Å². The first-order valence-electron chi connectivity index (χ1n) is 6.70. The average molecular weight is 312 g/mol. The topological polar surface area (TPSA) is 81.5 Å². The van der Waals surface area contributed by atoms with Gasteiger partial charge in [0.25, 0.3) is 5.69 Å². The SMILES string of the molecule is CCSCCC(C)Nc1cc(C(=O)OC)ccc1[N+](=O)[O-]. The molecule has 116 valence electrons. The first-order chi connectivity index (χ1) is 9.99. The number of anilines is 1. The summed E-state index contributed by atoms with van der Waals surface area (Å²) in [6.07, 6.45) is 0.887. The second-order valence-electron chi connectivity index (χ2n) is 4.51. The molecule has 0 bridgehead atoms. The van der Waals surface area contributed by atoms with Crippen LogP contribution in [0.25, 0.3) is 0 Å². The third-order valence-corrected chi connectivity index (χ3v) is 3.85. The molecule has 1 unspecified atom stereocenters. The molecule has 1 N–H and O–H groups in total. The third kappa shape index (κ3) is 5.26. The van der Waals surface area contributed by atoms with Crippen LogP contribution in [0.3, 0.4) is 0 Å². The highest BCUT2D eigenvalue weighted by atomic mass is 32.2. The Balaban J connectivity index is 2.90. The second kappa shape index (κ2) is 8.51. The molecule has 0 aliphatic heterocycles. The van der Waals surface area contributed by atoms with E-state index >= 15 is 0 Å². The lowest BCUT2D eigenvalue weighted by molar-refractivity contribution is -0.384. The maximum absolute atomic E-state index is 11.5. The van der Waals surface area contributed by atoms with Crippen LogP contribution < -0.4 is 5.32 Å². The molecule has 7 heteroatoms. The van der Waals surface area contributed by atoms with E-state index in [1.807, 2.05) is 18.7 Å². The standard InChI is InChI=1S/C14H20N2O4S/c1-4-21-8-7-10(2)15-12-9-11(14(17)20-3)5-6-13(12)16(18)19/h5-6,9-10,15H,4,7-8H2,1-3H3.